The average molecular weight is 255 g/mol. The minimum atomic E-state index is -3.16. The lowest BCUT2D eigenvalue weighted by atomic mass is 10.2. The fourth-order valence-corrected chi connectivity index (χ4v) is 3.01. The Labute approximate surface area is 94.8 Å². The molecule has 0 aromatic carbocycles. The van der Waals surface area contributed by atoms with Gasteiger partial charge in [0.2, 0.25) is 15.9 Å². The Kier molecular flexibility index (Phi) is 4.36. The first kappa shape index (κ1) is 12.7. The van der Waals surface area contributed by atoms with E-state index < -0.39 is 10.0 Å². The number of carbonyl (C=O) groups excluding carboxylic acids is 1. The largest absolute Gasteiger partial charge is 0.353 e. The van der Waals surface area contributed by atoms with Gasteiger partial charge in [-0.25, -0.2) is 8.42 Å². The molecule has 1 aliphatic rings. The zero-order valence-electron chi connectivity index (χ0n) is 8.57. The van der Waals surface area contributed by atoms with Crippen molar-refractivity contribution >= 4 is 27.5 Å². The summed E-state index contributed by atoms with van der Waals surface area (Å²) in [4.78, 5) is 10.9. The predicted molar refractivity (Wildman–Crippen MR) is 58.3 cm³/mol. The smallest absolute Gasteiger partial charge is 0.234 e. The molecule has 0 bridgehead atoms. The summed E-state index contributed by atoms with van der Waals surface area (Å²) in [6.07, 6.45) is 2.82. The van der Waals surface area contributed by atoms with E-state index in [2.05, 4.69) is 5.32 Å². The Morgan fingerprint density at radius 1 is 1.60 bits per heavy atom. The fourth-order valence-electron chi connectivity index (χ4n) is 1.73. The molecule has 0 aromatic heterocycles. The molecule has 1 N–H and O–H groups in total. The fraction of sp³-hybridized carbons (Fsp3) is 0.875. The van der Waals surface area contributed by atoms with Gasteiger partial charge < -0.3 is 5.32 Å². The molecule has 7 heteroatoms. The quantitative estimate of drug-likeness (QED) is 0.705. The van der Waals surface area contributed by atoms with Gasteiger partial charge in [0.25, 0.3) is 0 Å². The summed E-state index contributed by atoms with van der Waals surface area (Å²) in [6, 6.07) is -0.118. The van der Waals surface area contributed by atoms with E-state index in [9.17, 15) is 13.2 Å². The summed E-state index contributed by atoms with van der Waals surface area (Å²) >= 11 is 5.32. The van der Waals surface area contributed by atoms with Crippen molar-refractivity contribution in [3.63, 3.8) is 0 Å². The molecule has 1 heterocycles. The summed E-state index contributed by atoms with van der Waals surface area (Å²) in [5, 5.41) is 2.60. The van der Waals surface area contributed by atoms with Crippen LogP contribution in [0.4, 0.5) is 0 Å². The van der Waals surface area contributed by atoms with E-state index in [1.807, 2.05) is 0 Å². The maximum atomic E-state index is 11.3. The van der Waals surface area contributed by atoms with Crippen LogP contribution in [0.1, 0.15) is 12.8 Å². The lowest BCUT2D eigenvalue weighted by Crippen LogP contribution is -2.42. The van der Waals surface area contributed by atoms with Crippen LogP contribution in [0.2, 0.25) is 0 Å². The van der Waals surface area contributed by atoms with Gasteiger partial charge in [-0.3, -0.25) is 4.79 Å². The van der Waals surface area contributed by atoms with Gasteiger partial charge in [-0.1, -0.05) is 0 Å². The number of nitrogens with zero attached hydrogens (tertiary/aromatic N) is 1. The highest BCUT2D eigenvalue weighted by atomic mass is 35.5. The van der Waals surface area contributed by atoms with Crippen LogP contribution in [0, 0.1) is 0 Å². The van der Waals surface area contributed by atoms with Crippen molar-refractivity contribution in [2.45, 2.75) is 18.9 Å². The number of carbonyl (C=O) groups is 1. The minimum Gasteiger partial charge on any atom is -0.353 e. The van der Waals surface area contributed by atoms with Gasteiger partial charge in [0, 0.05) is 19.1 Å². The Bertz CT molecular complexity index is 331. The molecule has 1 rings (SSSR count). The Hall–Kier alpha value is -0.330. The van der Waals surface area contributed by atoms with Gasteiger partial charge in [0.1, 0.15) is 5.88 Å². The van der Waals surface area contributed by atoms with Crippen molar-refractivity contribution in [1.82, 2.24) is 9.62 Å². The van der Waals surface area contributed by atoms with E-state index in [-0.39, 0.29) is 17.8 Å². The van der Waals surface area contributed by atoms with Crippen LogP contribution >= 0.6 is 11.6 Å². The van der Waals surface area contributed by atoms with Crippen molar-refractivity contribution in [2.24, 2.45) is 0 Å². The van der Waals surface area contributed by atoms with Gasteiger partial charge in [0.15, 0.2) is 0 Å². The second kappa shape index (κ2) is 5.14. The van der Waals surface area contributed by atoms with Crippen LogP contribution in [0.25, 0.3) is 0 Å². The lowest BCUT2D eigenvalue weighted by molar-refractivity contribution is -0.118. The maximum absolute atomic E-state index is 11.3. The van der Waals surface area contributed by atoms with E-state index in [0.717, 1.165) is 12.8 Å². The summed E-state index contributed by atoms with van der Waals surface area (Å²) in [5.74, 6) is -0.358. The van der Waals surface area contributed by atoms with E-state index in [4.69, 9.17) is 11.6 Å². The van der Waals surface area contributed by atoms with Crippen LogP contribution < -0.4 is 5.32 Å². The molecule has 0 spiro atoms. The number of halogens is 1. The predicted octanol–water partition coefficient (Wildman–Crippen LogP) is -0.235. The molecule has 1 amide bonds. The molecule has 0 saturated carbocycles. The topological polar surface area (TPSA) is 66.5 Å². The number of hydrogen-bond donors (Lipinski definition) is 1. The summed E-state index contributed by atoms with van der Waals surface area (Å²) in [6.45, 7) is 0.888. The van der Waals surface area contributed by atoms with Gasteiger partial charge >= 0.3 is 0 Å². The average Bonchev–Trinajstić information content (AvgIpc) is 2.61. The Morgan fingerprint density at radius 2 is 2.27 bits per heavy atom. The number of hydrogen-bond acceptors (Lipinski definition) is 3. The van der Waals surface area contributed by atoms with Crippen molar-refractivity contribution in [3.05, 3.63) is 0 Å². The number of alkyl halides is 1. The highest BCUT2D eigenvalue weighted by molar-refractivity contribution is 7.88. The van der Waals surface area contributed by atoms with Gasteiger partial charge in [0.05, 0.1) is 6.26 Å². The second-order valence-corrected chi connectivity index (χ2v) is 5.81. The lowest BCUT2D eigenvalue weighted by Gasteiger charge is -2.22. The molecule has 1 atom stereocenters. The van der Waals surface area contributed by atoms with Gasteiger partial charge in [-0.2, -0.15) is 4.31 Å². The van der Waals surface area contributed by atoms with Gasteiger partial charge in [-0.15, -0.1) is 11.6 Å². The Balaban J connectivity index is 2.51. The summed E-state index contributed by atoms with van der Waals surface area (Å²) < 4.78 is 24.1. The molecular formula is C8H15ClN2O3S. The molecule has 88 valence electrons. The van der Waals surface area contributed by atoms with Crippen LogP contribution in [0.3, 0.4) is 0 Å². The van der Waals surface area contributed by atoms with E-state index in [1.54, 1.807) is 0 Å². The monoisotopic (exact) mass is 254 g/mol. The molecule has 0 radical (unpaired) electrons. The Morgan fingerprint density at radius 3 is 2.80 bits per heavy atom. The molecule has 1 fully saturated rings. The van der Waals surface area contributed by atoms with Crippen LogP contribution in [-0.2, 0) is 14.8 Å². The molecule has 15 heavy (non-hydrogen) atoms. The molecule has 1 saturated heterocycles. The van der Waals surface area contributed by atoms with Crippen LogP contribution in [0.5, 0.6) is 0 Å². The highest BCUT2D eigenvalue weighted by Gasteiger charge is 2.31. The zero-order valence-corrected chi connectivity index (χ0v) is 10.1. The van der Waals surface area contributed by atoms with Crippen molar-refractivity contribution in [3.8, 4) is 0 Å². The number of amides is 1. The molecule has 0 aliphatic carbocycles. The van der Waals surface area contributed by atoms with Crippen molar-refractivity contribution in [2.75, 3.05) is 25.2 Å². The first-order valence-electron chi connectivity index (χ1n) is 4.74. The maximum Gasteiger partial charge on any atom is 0.234 e. The van der Waals surface area contributed by atoms with Crippen molar-refractivity contribution in [1.29, 1.82) is 0 Å². The first-order valence-corrected chi connectivity index (χ1v) is 7.13. The minimum absolute atomic E-state index is 0.0917. The highest BCUT2D eigenvalue weighted by Crippen LogP contribution is 2.19. The zero-order chi connectivity index (χ0) is 11.5. The molecule has 5 nitrogen and oxygen atoms in total. The summed E-state index contributed by atoms with van der Waals surface area (Å²) in [5.41, 5.74) is 0. The third kappa shape index (κ3) is 3.62. The molecule has 1 aliphatic heterocycles. The van der Waals surface area contributed by atoms with Crippen LogP contribution in [0.15, 0.2) is 0 Å². The number of nitrogens with one attached hydrogen (secondary N) is 1. The molecule has 0 aromatic rings. The standard InChI is InChI=1S/C8H15ClN2O3S/c1-15(13,14)11-4-2-3-7(11)6-10-8(12)5-9/h7H,2-6H2,1H3,(H,10,12)/t7-/m0/s1. The SMILES string of the molecule is CS(=O)(=O)N1CCC[C@H]1CNC(=O)CCl. The van der Waals surface area contributed by atoms with E-state index in [0.29, 0.717) is 13.1 Å². The number of rotatable bonds is 4. The molecular weight excluding hydrogens is 240 g/mol. The summed E-state index contributed by atoms with van der Waals surface area (Å²) in [7, 11) is -3.16. The first-order chi connectivity index (χ1) is 6.95. The number of sulfonamides is 1. The van der Waals surface area contributed by atoms with E-state index in [1.165, 1.54) is 10.6 Å². The van der Waals surface area contributed by atoms with E-state index >= 15 is 0 Å². The molecule has 0 unspecified atom stereocenters. The van der Waals surface area contributed by atoms with Gasteiger partial charge in [-0.05, 0) is 12.8 Å². The second-order valence-electron chi connectivity index (χ2n) is 3.61. The normalized spacial score (nSPS) is 22.9. The third-order valence-electron chi connectivity index (χ3n) is 2.41. The van der Waals surface area contributed by atoms with Crippen LogP contribution in [-0.4, -0.2) is 49.9 Å². The van der Waals surface area contributed by atoms with Crippen molar-refractivity contribution < 1.29 is 13.2 Å². The third-order valence-corrected chi connectivity index (χ3v) is 3.98.